The number of allylic oxidation sites excluding steroid dienone is 1. The maximum absolute atomic E-state index is 5.77. The molecule has 0 heterocycles. The zero-order chi connectivity index (χ0) is 11.3. The Morgan fingerprint density at radius 2 is 2.20 bits per heavy atom. The van der Waals surface area contributed by atoms with Crippen molar-refractivity contribution in [2.24, 2.45) is 10.9 Å². The van der Waals surface area contributed by atoms with Gasteiger partial charge in [0, 0.05) is 25.6 Å². The first-order valence-electron chi connectivity index (χ1n) is 5.49. The summed E-state index contributed by atoms with van der Waals surface area (Å²) in [7, 11) is 1.75. The Morgan fingerprint density at radius 1 is 1.53 bits per heavy atom. The van der Waals surface area contributed by atoms with Gasteiger partial charge in [0.15, 0.2) is 0 Å². The molecule has 3 heteroatoms. The first-order valence-corrected chi connectivity index (χ1v) is 6.03. The highest BCUT2D eigenvalue weighted by Gasteiger charge is 2.47. The fourth-order valence-electron chi connectivity index (χ4n) is 1.53. The maximum atomic E-state index is 5.77. The molecule has 0 amide bonds. The number of hydrogen-bond donors (Lipinski definition) is 0. The smallest absolute Gasteiger partial charge is 0.106 e. The van der Waals surface area contributed by atoms with Gasteiger partial charge in [-0.2, -0.15) is 0 Å². The van der Waals surface area contributed by atoms with Gasteiger partial charge in [0.25, 0.3) is 0 Å². The van der Waals surface area contributed by atoms with Crippen molar-refractivity contribution in [1.82, 2.24) is 0 Å². The molecule has 15 heavy (non-hydrogen) atoms. The number of nitrogens with zero attached hydrogens (tertiary/aromatic N) is 1. The summed E-state index contributed by atoms with van der Waals surface area (Å²) >= 11 is 5.77. The average Bonchev–Trinajstić information content (AvgIpc) is 2.97. The molecule has 1 rings (SSSR count). The van der Waals surface area contributed by atoms with Crippen LogP contribution in [0.2, 0.25) is 0 Å². The van der Waals surface area contributed by atoms with Crippen LogP contribution in [0, 0.1) is 5.92 Å². The molecule has 0 aliphatic heterocycles. The predicted octanol–water partition coefficient (Wildman–Crippen LogP) is 3.41. The second kappa shape index (κ2) is 5.66. The number of aliphatic imine (C=N–C) groups is 1. The van der Waals surface area contributed by atoms with Gasteiger partial charge in [0.05, 0.1) is 5.71 Å². The minimum atomic E-state index is -0.0871. The van der Waals surface area contributed by atoms with Crippen LogP contribution >= 0.6 is 11.6 Å². The quantitative estimate of drug-likeness (QED) is 0.505. The van der Waals surface area contributed by atoms with Crippen LogP contribution in [0.3, 0.4) is 0 Å². The second-order valence-electron chi connectivity index (χ2n) is 4.30. The molecule has 0 radical (unpaired) electrons. The molecule has 1 saturated carbocycles. The van der Waals surface area contributed by atoms with E-state index in [-0.39, 0.29) is 5.60 Å². The number of rotatable bonds is 6. The van der Waals surface area contributed by atoms with Gasteiger partial charge in [-0.15, -0.1) is 11.6 Å². The van der Waals surface area contributed by atoms with Crippen LogP contribution < -0.4 is 0 Å². The zero-order valence-corrected chi connectivity index (χ0v) is 10.5. The summed E-state index contributed by atoms with van der Waals surface area (Å²) in [6.07, 6.45) is 6.94. The van der Waals surface area contributed by atoms with Crippen molar-refractivity contribution in [3.05, 3.63) is 12.3 Å². The van der Waals surface area contributed by atoms with Gasteiger partial charge in [-0.05, 0) is 18.8 Å². The zero-order valence-electron chi connectivity index (χ0n) is 9.79. The van der Waals surface area contributed by atoms with E-state index in [0.717, 1.165) is 25.0 Å². The Balaban J connectivity index is 2.65. The first-order chi connectivity index (χ1) is 7.14. The van der Waals surface area contributed by atoms with Gasteiger partial charge in [0.2, 0.25) is 0 Å². The molecule has 2 nitrogen and oxygen atoms in total. The third-order valence-corrected chi connectivity index (χ3v) is 2.84. The Morgan fingerprint density at radius 3 is 2.60 bits per heavy atom. The molecular formula is C12H20ClNO. The van der Waals surface area contributed by atoms with Crippen molar-refractivity contribution in [3.8, 4) is 0 Å². The van der Waals surface area contributed by atoms with Gasteiger partial charge in [-0.25, -0.2) is 0 Å². The molecule has 0 aromatic rings. The monoisotopic (exact) mass is 229 g/mol. The van der Waals surface area contributed by atoms with Crippen LogP contribution in [0.5, 0.6) is 0 Å². The van der Waals surface area contributed by atoms with Gasteiger partial charge in [0.1, 0.15) is 5.60 Å². The summed E-state index contributed by atoms with van der Waals surface area (Å²) in [6, 6.07) is 0. The van der Waals surface area contributed by atoms with E-state index >= 15 is 0 Å². The Hall–Kier alpha value is -0.340. The largest absolute Gasteiger partial charge is 0.372 e. The van der Waals surface area contributed by atoms with Crippen LogP contribution in [0.1, 0.15) is 33.1 Å². The summed E-state index contributed by atoms with van der Waals surface area (Å²) in [5.74, 6) is 1.14. The summed E-state index contributed by atoms with van der Waals surface area (Å²) in [6.45, 7) is 4.27. The number of hydrogen-bond acceptors (Lipinski definition) is 2. The molecule has 0 unspecified atom stereocenters. The standard InChI is InChI=1S/C12H20ClNO/c1-10(2)5-9-14-11(4-8-13)12(15-3)6-7-12/h5,9-10H,4,6-8H2,1-3H3/b9-5-,14-11?. The SMILES string of the molecule is COC1(C(CCCl)=N/C=C\C(C)C)CC1. The number of ether oxygens (including phenoxy) is 1. The van der Waals surface area contributed by atoms with E-state index in [1.54, 1.807) is 7.11 Å². The highest BCUT2D eigenvalue weighted by Crippen LogP contribution is 2.41. The van der Waals surface area contributed by atoms with Gasteiger partial charge in [-0.3, -0.25) is 4.99 Å². The molecule has 0 N–H and O–H groups in total. The van der Waals surface area contributed by atoms with Crippen molar-refractivity contribution >= 4 is 17.3 Å². The maximum Gasteiger partial charge on any atom is 0.106 e. The lowest BCUT2D eigenvalue weighted by Gasteiger charge is -2.14. The molecule has 1 aliphatic carbocycles. The third-order valence-electron chi connectivity index (χ3n) is 2.65. The summed E-state index contributed by atoms with van der Waals surface area (Å²) < 4.78 is 5.50. The number of halogens is 1. The van der Waals surface area contributed by atoms with E-state index in [4.69, 9.17) is 16.3 Å². The molecule has 1 fully saturated rings. The highest BCUT2D eigenvalue weighted by atomic mass is 35.5. The van der Waals surface area contributed by atoms with Crippen LogP contribution in [0.15, 0.2) is 17.3 Å². The van der Waals surface area contributed by atoms with Crippen molar-refractivity contribution in [1.29, 1.82) is 0 Å². The minimum Gasteiger partial charge on any atom is -0.372 e. The lowest BCUT2D eigenvalue weighted by atomic mass is 10.1. The van der Waals surface area contributed by atoms with Crippen LogP contribution in [-0.2, 0) is 4.74 Å². The molecular weight excluding hydrogens is 210 g/mol. The van der Waals surface area contributed by atoms with Crippen LogP contribution in [0.25, 0.3) is 0 Å². The highest BCUT2D eigenvalue weighted by molar-refractivity contribution is 6.19. The minimum absolute atomic E-state index is 0.0871. The number of alkyl halides is 1. The summed E-state index contributed by atoms with van der Waals surface area (Å²) in [5.41, 5.74) is 1.01. The predicted molar refractivity (Wildman–Crippen MR) is 65.7 cm³/mol. The molecule has 0 spiro atoms. The van der Waals surface area contributed by atoms with Gasteiger partial charge >= 0.3 is 0 Å². The topological polar surface area (TPSA) is 21.6 Å². The van der Waals surface area contributed by atoms with E-state index in [1.807, 2.05) is 6.20 Å². The first kappa shape index (κ1) is 12.7. The van der Waals surface area contributed by atoms with E-state index in [1.165, 1.54) is 0 Å². The fraction of sp³-hybridized carbons (Fsp3) is 0.750. The van der Waals surface area contributed by atoms with Crippen LogP contribution in [0.4, 0.5) is 0 Å². The number of methoxy groups -OCH3 is 1. The van der Waals surface area contributed by atoms with Crippen molar-refractivity contribution in [2.45, 2.75) is 38.7 Å². The fourth-order valence-corrected chi connectivity index (χ4v) is 1.71. The van der Waals surface area contributed by atoms with Crippen molar-refractivity contribution < 1.29 is 4.74 Å². The van der Waals surface area contributed by atoms with Crippen molar-refractivity contribution in [2.75, 3.05) is 13.0 Å². The van der Waals surface area contributed by atoms with Gasteiger partial charge < -0.3 is 4.74 Å². The average molecular weight is 230 g/mol. The molecule has 86 valence electrons. The molecule has 0 bridgehead atoms. The van der Waals surface area contributed by atoms with Crippen LogP contribution in [-0.4, -0.2) is 24.3 Å². The Kier molecular flexibility index (Phi) is 4.81. The lowest BCUT2D eigenvalue weighted by Crippen LogP contribution is -2.25. The summed E-state index contributed by atoms with van der Waals surface area (Å²) in [4.78, 5) is 4.49. The van der Waals surface area contributed by atoms with Crippen molar-refractivity contribution in [3.63, 3.8) is 0 Å². The lowest BCUT2D eigenvalue weighted by molar-refractivity contribution is 0.135. The van der Waals surface area contributed by atoms with E-state index in [2.05, 4.69) is 24.9 Å². The van der Waals surface area contributed by atoms with E-state index in [0.29, 0.717) is 11.8 Å². The molecule has 1 aliphatic rings. The molecule has 0 saturated heterocycles. The Labute approximate surface area is 97.4 Å². The normalized spacial score (nSPS) is 20.2. The van der Waals surface area contributed by atoms with E-state index in [9.17, 15) is 0 Å². The third kappa shape index (κ3) is 3.62. The van der Waals surface area contributed by atoms with E-state index < -0.39 is 0 Å². The van der Waals surface area contributed by atoms with Gasteiger partial charge in [-0.1, -0.05) is 19.9 Å². The second-order valence-corrected chi connectivity index (χ2v) is 4.68. The molecule has 0 atom stereocenters. The molecule has 0 aromatic carbocycles. The Bertz CT molecular complexity index is 254. The molecule has 0 aromatic heterocycles. The summed E-state index contributed by atoms with van der Waals surface area (Å²) in [5, 5.41) is 0.